The van der Waals surface area contributed by atoms with Crippen molar-refractivity contribution in [3.8, 4) is 11.1 Å². The van der Waals surface area contributed by atoms with Gasteiger partial charge in [0.05, 0.1) is 18.9 Å². The van der Waals surface area contributed by atoms with Gasteiger partial charge in [0.15, 0.2) is 0 Å². The monoisotopic (exact) mass is 455 g/mol. The van der Waals surface area contributed by atoms with Crippen molar-refractivity contribution >= 4 is 34.2 Å². The molecule has 2 aromatic rings. The molecule has 0 aliphatic heterocycles. The number of methoxy groups -OCH3 is 1. The summed E-state index contributed by atoms with van der Waals surface area (Å²) in [5.41, 5.74) is 3.06. The number of benzene rings is 1. The third kappa shape index (κ3) is 3.94. The van der Waals surface area contributed by atoms with Gasteiger partial charge in [-0.3, -0.25) is 9.59 Å². The summed E-state index contributed by atoms with van der Waals surface area (Å²) in [5.74, 6) is -2.81. The normalized spacial score (nSPS) is 24.4. The number of aliphatic carboxylic acids is 1. The molecule has 7 heteroatoms. The number of esters is 1. The smallest absolute Gasteiger partial charge is 0.341 e. The summed E-state index contributed by atoms with van der Waals surface area (Å²) in [5, 5.41) is 14.8. The molecule has 2 aliphatic carbocycles. The number of anilines is 1. The third-order valence-corrected chi connectivity index (χ3v) is 7.88. The molecule has 2 fully saturated rings. The molecule has 32 heavy (non-hydrogen) atoms. The molecular formula is C25H29NO5S. The summed E-state index contributed by atoms with van der Waals surface area (Å²) in [4.78, 5) is 37.6. The van der Waals surface area contributed by atoms with Gasteiger partial charge in [0.1, 0.15) is 10.6 Å². The van der Waals surface area contributed by atoms with Crippen LogP contribution in [0.3, 0.4) is 0 Å². The molecular weight excluding hydrogens is 426 g/mol. The number of rotatable bonds is 5. The van der Waals surface area contributed by atoms with E-state index in [1.54, 1.807) is 0 Å². The van der Waals surface area contributed by atoms with Crippen LogP contribution in [0.1, 0.15) is 56.0 Å². The van der Waals surface area contributed by atoms with Gasteiger partial charge in [-0.15, -0.1) is 11.3 Å². The number of amides is 1. The fraction of sp³-hybridized carbons (Fsp3) is 0.480. The molecule has 4 unspecified atom stereocenters. The average molecular weight is 456 g/mol. The van der Waals surface area contributed by atoms with E-state index in [9.17, 15) is 19.5 Å². The first-order valence-corrected chi connectivity index (χ1v) is 11.8. The fourth-order valence-electron chi connectivity index (χ4n) is 5.34. The molecule has 6 nitrogen and oxygen atoms in total. The van der Waals surface area contributed by atoms with Crippen molar-refractivity contribution in [3.63, 3.8) is 0 Å². The SMILES string of the molecule is COC(=O)c1c(-c2ccc(C(C)(C)C)cc2)csc1NC(=O)C1C2CCC(C2)C1C(=O)O. The zero-order valence-corrected chi connectivity index (χ0v) is 19.6. The second-order valence-corrected chi connectivity index (χ2v) is 10.8. The minimum atomic E-state index is -0.906. The molecule has 4 atom stereocenters. The lowest BCUT2D eigenvalue weighted by Gasteiger charge is -2.26. The first kappa shape index (κ1) is 22.5. The van der Waals surface area contributed by atoms with Crippen LogP contribution in [-0.2, 0) is 19.7 Å². The van der Waals surface area contributed by atoms with Crippen LogP contribution < -0.4 is 5.32 Å². The van der Waals surface area contributed by atoms with E-state index in [1.165, 1.54) is 24.0 Å². The van der Waals surface area contributed by atoms with Crippen molar-refractivity contribution in [2.45, 2.75) is 45.4 Å². The van der Waals surface area contributed by atoms with Crippen LogP contribution >= 0.6 is 11.3 Å². The fourth-order valence-corrected chi connectivity index (χ4v) is 6.30. The molecule has 2 aliphatic rings. The quantitative estimate of drug-likeness (QED) is 0.606. The summed E-state index contributed by atoms with van der Waals surface area (Å²) in [6, 6.07) is 8.02. The van der Waals surface area contributed by atoms with Crippen LogP contribution in [0.5, 0.6) is 0 Å². The van der Waals surface area contributed by atoms with Crippen LogP contribution in [0.15, 0.2) is 29.6 Å². The predicted octanol–water partition coefficient (Wildman–Crippen LogP) is 5.18. The molecule has 2 bridgehead atoms. The second kappa shape index (κ2) is 8.35. The zero-order chi connectivity index (χ0) is 23.2. The highest BCUT2D eigenvalue weighted by Gasteiger charge is 2.54. The van der Waals surface area contributed by atoms with E-state index in [2.05, 4.69) is 26.1 Å². The van der Waals surface area contributed by atoms with E-state index in [-0.39, 0.29) is 23.2 Å². The Labute approximate surface area is 192 Å². The maximum absolute atomic E-state index is 13.2. The molecule has 0 radical (unpaired) electrons. The van der Waals surface area contributed by atoms with Crippen molar-refractivity contribution < 1.29 is 24.2 Å². The molecule has 0 saturated heterocycles. The summed E-state index contributed by atoms with van der Waals surface area (Å²) < 4.78 is 5.01. The van der Waals surface area contributed by atoms with Crippen LogP contribution in [-0.4, -0.2) is 30.1 Å². The summed E-state index contributed by atoms with van der Waals surface area (Å²) >= 11 is 1.26. The van der Waals surface area contributed by atoms with Crippen LogP contribution in [0.4, 0.5) is 5.00 Å². The summed E-state index contributed by atoms with van der Waals surface area (Å²) in [6.45, 7) is 6.42. The molecule has 1 amide bonds. The predicted molar refractivity (Wildman–Crippen MR) is 124 cm³/mol. The number of carboxylic acids is 1. The minimum absolute atomic E-state index is 0.0127. The number of carbonyl (C=O) groups excluding carboxylic acids is 2. The van der Waals surface area contributed by atoms with Crippen LogP contribution in [0.2, 0.25) is 0 Å². The minimum Gasteiger partial charge on any atom is -0.481 e. The third-order valence-electron chi connectivity index (χ3n) is 6.98. The average Bonchev–Trinajstić information content (AvgIpc) is 3.47. The largest absolute Gasteiger partial charge is 0.481 e. The molecule has 1 aromatic heterocycles. The standard InChI is InChI=1S/C25H29NO5S/c1-25(2,3)16-9-7-13(8-10-16)17-12-32-22(20(17)24(30)31-4)26-21(27)18-14-5-6-15(11-14)19(18)23(28)29/h7-10,12,14-15,18-19H,5-6,11H2,1-4H3,(H,26,27)(H,28,29). The lowest BCUT2D eigenvalue weighted by Crippen LogP contribution is -2.37. The van der Waals surface area contributed by atoms with E-state index >= 15 is 0 Å². The number of ether oxygens (including phenoxy) is 1. The Kier molecular flexibility index (Phi) is 5.88. The van der Waals surface area contributed by atoms with Gasteiger partial charge in [0.25, 0.3) is 0 Å². The number of carbonyl (C=O) groups is 3. The number of carboxylic acid groups (broad SMARTS) is 1. The van der Waals surface area contributed by atoms with Crippen molar-refractivity contribution in [2.75, 3.05) is 12.4 Å². The van der Waals surface area contributed by atoms with Gasteiger partial charge in [-0.2, -0.15) is 0 Å². The van der Waals surface area contributed by atoms with E-state index in [1.807, 2.05) is 29.6 Å². The Morgan fingerprint density at radius 3 is 2.25 bits per heavy atom. The Hall–Kier alpha value is -2.67. The van der Waals surface area contributed by atoms with Crippen molar-refractivity contribution in [2.24, 2.45) is 23.7 Å². The van der Waals surface area contributed by atoms with Crippen LogP contribution in [0.25, 0.3) is 11.1 Å². The number of hydrogen-bond acceptors (Lipinski definition) is 5. The number of thiophene rings is 1. The van der Waals surface area contributed by atoms with Gasteiger partial charge in [-0.1, -0.05) is 45.0 Å². The highest BCUT2D eigenvalue weighted by atomic mass is 32.1. The van der Waals surface area contributed by atoms with Gasteiger partial charge < -0.3 is 15.2 Å². The molecule has 1 aromatic carbocycles. The number of hydrogen-bond donors (Lipinski definition) is 2. The van der Waals surface area contributed by atoms with E-state index < -0.39 is 23.8 Å². The Morgan fingerprint density at radius 1 is 1.06 bits per heavy atom. The highest BCUT2D eigenvalue weighted by molar-refractivity contribution is 7.15. The van der Waals surface area contributed by atoms with Gasteiger partial charge >= 0.3 is 11.9 Å². The molecule has 170 valence electrons. The lowest BCUT2D eigenvalue weighted by molar-refractivity contribution is -0.148. The summed E-state index contributed by atoms with van der Waals surface area (Å²) in [6.07, 6.45) is 2.54. The molecule has 1 heterocycles. The maximum Gasteiger partial charge on any atom is 0.341 e. The van der Waals surface area contributed by atoms with Crippen LogP contribution in [0, 0.1) is 23.7 Å². The van der Waals surface area contributed by atoms with E-state index in [0.717, 1.165) is 24.8 Å². The zero-order valence-electron chi connectivity index (χ0n) is 18.8. The van der Waals surface area contributed by atoms with Gasteiger partial charge in [0, 0.05) is 10.9 Å². The Morgan fingerprint density at radius 2 is 1.69 bits per heavy atom. The number of fused-ring (bicyclic) bond motifs is 2. The lowest BCUT2D eigenvalue weighted by atomic mass is 9.78. The summed E-state index contributed by atoms with van der Waals surface area (Å²) in [7, 11) is 1.31. The topological polar surface area (TPSA) is 92.7 Å². The van der Waals surface area contributed by atoms with E-state index in [4.69, 9.17) is 4.74 Å². The Balaban J connectivity index is 1.64. The Bertz CT molecular complexity index is 1050. The van der Waals surface area contributed by atoms with Crippen molar-refractivity contribution in [3.05, 3.63) is 40.8 Å². The molecule has 2 saturated carbocycles. The van der Waals surface area contributed by atoms with Gasteiger partial charge in [-0.25, -0.2) is 4.79 Å². The first-order chi connectivity index (χ1) is 15.1. The van der Waals surface area contributed by atoms with Crippen molar-refractivity contribution in [1.82, 2.24) is 0 Å². The van der Waals surface area contributed by atoms with Gasteiger partial charge in [0.2, 0.25) is 5.91 Å². The second-order valence-electron chi connectivity index (χ2n) is 9.88. The number of nitrogens with one attached hydrogen (secondary N) is 1. The van der Waals surface area contributed by atoms with Gasteiger partial charge in [-0.05, 0) is 47.6 Å². The molecule has 0 spiro atoms. The highest BCUT2D eigenvalue weighted by Crippen LogP contribution is 2.53. The van der Waals surface area contributed by atoms with E-state index in [0.29, 0.717) is 16.1 Å². The first-order valence-electron chi connectivity index (χ1n) is 11.0. The van der Waals surface area contributed by atoms with Crippen molar-refractivity contribution in [1.29, 1.82) is 0 Å². The maximum atomic E-state index is 13.2. The molecule has 2 N–H and O–H groups in total. The molecule has 4 rings (SSSR count).